The third-order valence-corrected chi connectivity index (χ3v) is 7.04. The normalized spacial score (nSPS) is 27.6. The molecule has 144 valence electrons. The second-order valence-electron chi connectivity index (χ2n) is 7.53. The van der Waals surface area contributed by atoms with E-state index >= 15 is 0 Å². The Morgan fingerprint density at radius 3 is 2.69 bits per heavy atom. The van der Waals surface area contributed by atoms with Crippen LogP contribution in [0.4, 0.5) is 15.9 Å². The van der Waals surface area contributed by atoms with Crippen molar-refractivity contribution < 1.29 is 9.53 Å². The molecule has 8 nitrogen and oxygen atoms in total. The molecule has 2 atom stereocenters. The first-order valence-corrected chi connectivity index (χ1v) is 10.4. The zero-order chi connectivity index (χ0) is 18.1. The van der Waals surface area contributed by atoms with Crippen LogP contribution >= 0.6 is 11.5 Å². The first-order chi connectivity index (χ1) is 12.6. The van der Waals surface area contributed by atoms with Crippen LogP contribution in [-0.2, 0) is 4.74 Å². The molecule has 2 saturated carbocycles. The number of nitrogen functional groups attached to an aromatic ring is 1. The van der Waals surface area contributed by atoms with E-state index in [4.69, 9.17) is 10.5 Å². The molecule has 1 aromatic rings. The highest BCUT2D eigenvalue weighted by Crippen LogP contribution is 2.54. The van der Waals surface area contributed by atoms with Gasteiger partial charge in [-0.25, -0.2) is 4.79 Å². The maximum Gasteiger partial charge on any atom is 0.317 e. The molecule has 1 aliphatic heterocycles. The van der Waals surface area contributed by atoms with Gasteiger partial charge in [-0.3, -0.25) is 0 Å². The van der Waals surface area contributed by atoms with Crippen LogP contribution in [0.2, 0.25) is 0 Å². The fraction of sp³-hybridized carbons (Fsp3) is 0.824. The van der Waals surface area contributed by atoms with Crippen LogP contribution in [0.25, 0.3) is 0 Å². The highest BCUT2D eigenvalue weighted by molar-refractivity contribution is 7.09. The van der Waals surface area contributed by atoms with Crippen molar-refractivity contribution in [2.24, 2.45) is 5.41 Å². The zero-order valence-electron chi connectivity index (χ0n) is 15.3. The van der Waals surface area contributed by atoms with Crippen molar-refractivity contribution >= 4 is 28.6 Å². The van der Waals surface area contributed by atoms with E-state index in [2.05, 4.69) is 26.5 Å². The number of aromatic nitrogens is 2. The third kappa shape index (κ3) is 3.11. The van der Waals surface area contributed by atoms with E-state index in [0.29, 0.717) is 25.1 Å². The van der Waals surface area contributed by atoms with Crippen LogP contribution in [-0.4, -0.2) is 65.2 Å². The van der Waals surface area contributed by atoms with Gasteiger partial charge in [-0.1, -0.05) is 12.8 Å². The zero-order valence-corrected chi connectivity index (χ0v) is 16.1. The number of rotatable bonds is 4. The van der Waals surface area contributed by atoms with Crippen molar-refractivity contribution in [1.29, 1.82) is 0 Å². The molecule has 4 rings (SSSR count). The number of nitrogens with two attached hydrogens (primary N) is 1. The summed E-state index contributed by atoms with van der Waals surface area (Å²) >= 11 is 1.31. The van der Waals surface area contributed by atoms with Crippen molar-refractivity contribution in [3.8, 4) is 0 Å². The van der Waals surface area contributed by atoms with Crippen LogP contribution in [0.15, 0.2) is 0 Å². The molecule has 1 aromatic heterocycles. The number of hydrogen-bond acceptors (Lipinski definition) is 7. The average molecular weight is 381 g/mol. The summed E-state index contributed by atoms with van der Waals surface area (Å²) < 4.78 is 9.97. The summed E-state index contributed by atoms with van der Waals surface area (Å²) in [5.41, 5.74) is 5.78. The lowest BCUT2D eigenvalue weighted by Crippen LogP contribution is -2.65. The Balaban J connectivity index is 1.30. The van der Waals surface area contributed by atoms with Crippen LogP contribution in [0.1, 0.15) is 39.0 Å². The largest absolute Gasteiger partial charge is 0.378 e. The summed E-state index contributed by atoms with van der Waals surface area (Å²) in [5.74, 6) is 0.320. The van der Waals surface area contributed by atoms with Gasteiger partial charge in [0.25, 0.3) is 0 Å². The van der Waals surface area contributed by atoms with Gasteiger partial charge in [0.05, 0.1) is 6.10 Å². The number of nitrogens with one attached hydrogen (secondary N) is 1. The minimum absolute atomic E-state index is 0.0626. The summed E-state index contributed by atoms with van der Waals surface area (Å²) in [4.78, 5) is 21.0. The van der Waals surface area contributed by atoms with Crippen LogP contribution < -0.4 is 16.0 Å². The number of nitrogens with zero attached hydrogens (tertiary/aromatic N) is 4. The molecule has 0 radical (unpaired) electrons. The maximum absolute atomic E-state index is 12.8. The molecular formula is C17H28N6O2S. The molecule has 26 heavy (non-hydrogen) atoms. The van der Waals surface area contributed by atoms with Crippen molar-refractivity contribution in [3.05, 3.63) is 0 Å². The van der Waals surface area contributed by atoms with Gasteiger partial charge in [0.1, 0.15) is 0 Å². The van der Waals surface area contributed by atoms with Gasteiger partial charge in [-0.15, -0.1) is 0 Å². The summed E-state index contributed by atoms with van der Waals surface area (Å²) in [7, 11) is 0. The molecule has 2 heterocycles. The molecule has 1 spiro atoms. The van der Waals surface area contributed by atoms with Crippen LogP contribution in [0.5, 0.6) is 0 Å². The second kappa shape index (κ2) is 7.19. The first kappa shape index (κ1) is 17.8. The number of amides is 2. The maximum atomic E-state index is 12.8. The minimum atomic E-state index is 0.0626. The monoisotopic (exact) mass is 380 g/mol. The summed E-state index contributed by atoms with van der Waals surface area (Å²) in [6.07, 6.45) is 6.12. The number of carbonyl (C=O) groups excluding carboxylic acids is 1. The summed E-state index contributed by atoms with van der Waals surface area (Å²) in [6, 6.07) is 0.322. The average Bonchev–Trinajstić information content (AvgIpc) is 3.32. The van der Waals surface area contributed by atoms with E-state index in [0.717, 1.165) is 31.2 Å². The molecular weight excluding hydrogens is 352 g/mol. The van der Waals surface area contributed by atoms with E-state index in [1.54, 1.807) is 0 Å². The van der Waals surface area contributed by atoms with E-state index in [1.165, 1.54) is 37.2 Å². The minimum Gasteiger partial charge on any atom is -0.378 e. The Morgan fingerprint density at radius 1 is 1.35 bits per heavy atom. The highest BCUT2D eigenvalue weighted by Gasteiger charge is 2.57. The molecule has 2 unspecified atom stereocenters. The quantitative estimate of drug-likeness (QED) is 0.825. The molecule has 3 N–H and O–H groups in total. The molecule has 2 amide bonds. The fourth-order valence-electron chi connectivity index (χ4n) is 4.78. The number of hydrogen-bond donors (Lipinski definition) is 2. The predicted molar refractivity (Wildman–Crippen MR) is 101 cm³/mol. The van der Waals surface area contributed by atoms with E-state index in [1.807, 2.05) is 4.90 Å². The van der Waals surface area contributed by atoms with Gasteiger partial charge in [-0.05, 0) is 26.2 Å². The summed E-state index contributed by atoms with van der Waals surface area (Å²) in [6.45, 7) is 5.73. The molecule has 3 aliphatic rings. The van der Waals surface area contributed by atoms with E-state index in [-0.39, 0.29) is 17.5 Å². The first-order valence-electron chi connectivity index (χ1n) is 9.63. The van der Waals surface area contributed by atoms with Gasteiger partial charge in [-0.2, -0.15) is 9.36 Å². The number of piperazine rings is 1. The molecule has 9 heteroatoms. The Hall–Kier alpha value is -1.61. The van der Waals surface area contributed by atoms with Gasteiger partial charge in [0, 0.05) is 55.8 Å². The number of urea groups is 1. The Bertz CT molecular complexity index is 639. The highest BCUT2D eigenvalue weighted by atomic mass is 32.1. The standard InChI is InChI=1S/C17H28N6O2S/c1-2-25-13-11-12(17(13)5-3-4-6-17)19-15(24)22-7-9-23(10-8-22)16-20-14(18)21-26-16/h12-13H,2-11H2,1H3,(H2,18,21)(H,19,24). The topological polar surface area (TPSA) is 96.6 Å². The Morgan fingerprint density at radius 2 is 2.08 bits per heavy atom. The Kier molecular flexibility index (Phi) is 4.92. The molecule has 0 bridgehead atoms. The van der Waals surface area contributed by atoms with Crippen molar-refractivity contribution in [1.82, 2.24) is 19.6 Å². The van der Waals surface area contributed by atoms with Gasteiger partial charge >= 0.3 is 6.03 Å². The van der Waals surface area contributed by atoms with Gasteiger partial charge in [0.2, 0.25) is 11.1 Å². The van der Waals surface area contributed by atoms with Gasteiger partial charge in [0.15, 0.2) is 0 Å². The van der Waals surface area contributed by atoms with Crippen molar-refractivity contribution in [3.63, 3.8) is 0 Å². The number of anilines is 2. The van der Waals surface area contributed by atoms with Crippen molar-refractivity contribution in [2.45, 2.75) is 51.2 Å². The smallest absolute Gasteiger partial charge is 0.317 e. The number of ether oxygens (including phenoxy) is 1. The predicted octanol–water partition coefficient (Wildman–Crippen LogP) is 1.69. The van der Waals surface area contributed by atoms with Crippen molar-refractivity contribution in [2.75, 3.05) is 43.4 Å². The molecule has 3 fully saturated rings. The van der Waals surface area contributed by atoms with Crippen LogP contribution in [0.3, 0.4) is 0 Å². The van der Waals surface area contributed by atoms with Gasteiger partial charge < -0.3 is 25.6 Å². The lowest BCUT2D eigenvalue weighted by Gasteiger charge is -2.54. The van der Waals surface area contributed by atoms with Crippen LogP contribution in [0, 0.1) is 5.41 Å². The third-order valence-electron chi connectivity index (χ3n) is 6.25. The van der Waals surface area contributed by atoms with E-state index in [9.17, 15) is 4.79 Å². The fourth-order valence-corrected chi connectivity index (χ4v) is 5.43. The second-order valence-corrected chi connectivity index (χ2v) is 8.26. The Labute approximate surface area is 158 Å². The number of carbonyl (C=O) groups is 1. The van der Waals surface area contributed by atoms with E-state index < -0.39 is 0 Å². The summed E-state index contributed by atoms with van der Waals surface area (Å²) in [5, 5.41) is 4.15. The lowest BCUT2D eigenvalue weighted by atomic mass is 9.60. The SMILES string of the molecule is CCOC1CC(NC(=O)N2CCN(c3nc(N)ns3)CC2)C12CCCC2. The lowest BCUT2D eigenvalue weighted by molar-refractivity contribution is -0.127. The molecule has 2 aliphatic carbocycles. The molecule has 0 aromatic carbocycles. The molecule has 1 saturated heterocycles.